The zero-order chi connectivity index (χ0) is 11.4. The quantitative estimate of drug-likeness (QED) is 0.724. The van der Waals surface area contributed by atoms with Gasteiger partial charge >= 0.3 is 0 Å². The number of hydrogen-bond donors (Lipinski definition) is 0. The lowest BCUT2D eigenvalue weighted by Gasteiger charge is -2.29. The molecule has 0 aliphatic carbocycles. The Morgan fingerprint density at radius 3 is 2.75 bits per heavy atom. The lowest BCUT2D eigenvalue weighted by Crippen LogP contribution is -2.43. The molecule has 0 atom stereocenters. The van der Waals surface area contributed by atoms with Crippen LogP contribution in [0.1, 0.15) is 19.3 Å². The van der Waals surface area contributed by atoms with E-state index < -0.39 is 0 Å². The molecule has 0 aromatic carbocycles. The topological polar surface area (TPSA) is 40.6 Å². The fraction of sp³-hybridized carbons (Fsp3) is 0.636. The number of carbonyl (C=O) groups is 2. The van der Waals surface area contributed by atoms with Gasteiger partial charge in [-0.15, -0.1) is 11.8 Å². The SMILES string of the molecule is O=C1CSC=CN1CC(=O)N1CCCCC1. The molecule has 4 nitrogen and oxygen atoms in total. The Balaban J connectivity index is 1.88. The monoisotopic (exact) mass is 240 g/mol. The molecule has 2 heterocycles. The van der Waals surface area contributed by atoms with Gasteiger partial charge in [-0.1, -0.05) is 0 Å². The van der Waals surface area contributed by atoms with Crippen molar-refractivity contribution in [3.63, 3.8) is 0 Å². The Kier molecular flexibility index (Phi) is 3.88. The first-order chi connectivity index (χ1) is 7.77. The summed E-state index contributed by atoms with van der Waals surface area (Å²) in [4.78, 5) is 26.8. The third kappa shape index (κ3) is 2.78. The average Bonchev–Trinajstić information content (AvgIpc) is 2.33. The van der Waals surface area contributed by atoms with Gasteiger partial charge in [0, 0.05) is 19.3 Å². The van der Waals surface area contributed by atoms with E-state index in [0.29, 0.717) is 5.75 Å². The molecule has 0 N–H and O–H groups in total. The molecule has 0 unspecified atom stereocenters. The third-order valence-corrected chi connectivity index (χ3v) is 3.61. The van der Waals surface area contributed by atoms with E-state index in [4.69, 9.17) is 0 Å². The predicted octanol–water partition coefficient (Wildman–Crippen LogP) is 1.05. The molecule has 0 aromatic heterocycles. The van der Waals surface area contributed by atoms with Crippen LogP contribution in [0.5, 0.6) is 0 Å². The maximum atomic E-state index is 11.9. The van der Waals surface area contributed by atoms with Crippen molar-refractivity contribution >= 4 is 23.6 Å². The second-order valence-corrected chi connectivity index (χ2v) is 4.95. The van der Waals surface area contributed by atoms with Crippen molar-refractivity contribution < 1.29 is 9.59 Å². The van der Waals surface area contributed by atoms with Gasteiger partial charge < -0.3 is 9.80 Å². The number of rotatable bonds is 2. The molecule has 0 radical (unpaired) electrons. The van der Waals surface area contributed by atoms with Gasteiger partial charge in [-0.05, 0) is 24.7 Å². The van der Waals surface area contributed by atoms with E-state index in [9.17, 15) is 9.59 Å². The minimum absolute atomic E-state index is 0.0258. The summed E-state index contributed by atoms with van der Waals surface area (Å²) >= 11 is 1.47. The molecule has 2 rings (SSSR count). The highest BCUT2D eigenvalue weighted by molar-refractivity contribution is 8.02. The van der Waals surface area contributed by atoms with E-state index in [1.165, 1.54) is 23.1 Å². The summed E-state index contributed by atoms with van der Waals surface area (Å²) in [6, 6.07) is 0. The minimum atomic E-state index is 0.0258. The number of nitrogens with zero attached hydrogens (tertiary/aromatic N) is 2. The van der Waals surface area contributed by atoms with E-state index in [1.807, 2.05) is 10.3 Å². The summed E-state index contributed by atoms with van der Waals surface area (Å²) < 4.78 is 0. The van der Waals surface area contributed by atoms with Crippen LogP contribution >= 0.6 is 11.8 Å². The highest BCUT2D eigenvalue weighted by Crippen LogP contribution is 2.14. The van der Waals surface area contributed by atoms with Crippen molar-refractivity contribution in [2.24, 2.45) is 0 Å². The predicted molar refractivity (Wildman–Crippen MR) is 63.7 cm³/mol. The first-order valence-electron chi connectivity index (χ1n) is 5.63. The van der Waals surface area contributed by atoms with Crippen molar-refractivity contribution in [1.29, 1.82) is 0 Å². The molecule has 0 bridgehead atoms. The Labute approximate surface area is 99.7 Å². The lowest BCUT2D eigenvalue weighted by atomic mass is 10.1. The van der Waals surface area contributed by atoms with Crippen molar-refractivity contribution in [1.82, 2.24) is 9.80 Å². The van der Waals surface area contributed by atoms with Crippen molar-refractivity contribution in [2.75, 3.05) is 25.4 Å². The van der Waals surface area contributed by atoms with E-state index in [0.717, 1.165) is 25.9 Å². The van der Waals surface area contributed by atoms with E-state index in [-0.39, 0.29) is 18.4 Å². The number of thioether (sulfide) groups is 1. The molecular formula is C11H16N2O2S. The molecule has 5 heteroatoms. The molecule has 2 aliphatic heterocycles. The van der Waals surface area contributed by atoms with Crippen LogP contribution in [-0.2, 0) is 9.59 Å². The molecule has 88 valence electrons. The molecule has 0 aromatic rings. The molecule has 2 amide bonds. The van der Waals surface area contributed by atoms with Crippen LogP contribution in [-0.4, -0.2) is 47.0 Å². The van der Waals surface area contributed by atoms with Crippen molar-refractivity contribution in [3.05, 3.63) is 11.6 Å². The molecule has 1 fully saturated rings. The number of likely N-dealkylation sites (tertiary alicyclic amines) is 1. The second-order valence-electron chi connectivity index (χ2n) is 4.06. The van der Waals surface area contributed by atoms with Crippen molar-refractivity contribution in [2.45, 2.75) is 19.3 Å². The molecule has 2 aliphatic rings. The number of piperidine rings is 1. The number of carbonyl (C=O) groups excluding carboxylic acids is 2. The Morgan fingerprint density at radius 1 is 1.31 bits per heavy atom. The minimum Gasteiger partial charge on any atom is -0.341 e. The Bertz CT molecular complexity index is 311. The average molecular weight is 240 g/mol. The Hall–Kier alpha value is -0.970. The lowest BCUT2D eigenvalue weighted by molar-refractivity contribution is -0.137. The Morgan fingerprint density at radius 2 is 2.06 bits per heavy atom. The molecular weight excluding hydrogens is 224 g/mol. The van der Waals surface area contributed by atoms with Gasteiger partial charge in [-0.25, -0.2) is 0 Å². The fourth-order valence-electron chi connectivity index (χ4n) is 1.93. The molecule has 0 saturated carbocycles. The highest BCUT2D eigenvalue weighted by Gasteiger charge is 2.22. The summed E-state index contributed by atoms with van der Waals surface area (Å²) in [5.74, 6) is 0.548. The zero-order valence-corrected chi connectivity index (χ0v) is 10.0. The van der Waals surface area contributed by atoms with Gasteiger partial charge in [-0.3, -0.25) is 9.59 Å². The summed E-state index contributed by atoms with van der Waals surface area (Å²) in [7, 11) is 0. The smallest absolute Gasteiger partial charge is 0.242 e. The first-order valence-corrected chi connectivity index (χ1v) is 6.68. The number of amides is 2. The van der Waals surface area contributed by atoms with Crippen molar-refractivity contribution in [3.8, 4) is 0 Å². The van der Waals surface area contributed by atoms with Crippen LogP contribution in [0.15, 0.2) is 11.6 Å². The summed E-state index contributed by atoms with van der Waals surface area (Å²) in [5.41, 5.74) is 0. The maximum absolute atomic E-state index is 11.9. The second kappa shape index (κ2) is 5.39. The van der Waals surface area contributed by atoms with Gasteiger partial charge in [0.05, 0.1) is 5.75 Å². The van der Waals surface area contributed by atoms with Gasteiger partial charge in [0.1, 0.15) is 6.54 Å². The highest BCUT2D eigenvalue weighted by atomic mass is 32.2. The van der Waals surface area contributed by atoms with Crippen LogP contribution in [0.25, 0.3) is 0 Å². The van der Waals surface area contributed by atoms with E-state index >= 15 is 0 Å². The van der Waals surface area contributed by atoms with Gasteiger partial charge in [0.2, 0.25) is 11.8 Å². The normalized spacial score (nSPS) is 21.4. The van der Waals surface area contributed by atoms with Crippen LogP contribution in [0.3, 0.4) is 0 Å². The summed E-state index contributed by atoms with van der Waals surface area (Å²) in [6.45, 7) is 1.90. The van der Waals surface area contributed by atoms with Gasteiger partial charge in [0.25, 0.3) is 0 Å². The molecule has 0 spiro atoms. The van der Waals surface area contributed by atoms with Crippen LogP contribution < -0.4 is 0 Å². The van der Waals surface area contributed by atoms with Crippen LogP contribution in [0.4, 0.5) is 0 Å². The summed E-state index contributed by atoms with van der Waals surface area (Å²) in [6.07, 6.45) is 5.10. The first kappa shape index (κ1) is 11.5. The fourth-order valence-corrected chi connectivity index (χ4v) is 2.57. The van der Waals surface area contributed by atoms with E-state index in [1.54, 1.807) is 6.20 Å². The van der Waals surface area contributed by atoms with Crippen LogP contribution in [0.2, 0.25) is 0 Å². The summed E-state index contributed by atoms with van der Waals surface area (Å²) in [5, 5.41) is 1.87. The largest absolute Gasteiger partial charge is 0.341 e. The van der Waals surface area contributed by atoms with Gasteiger partial charge in [-0.2, -0.15) is 0 Å². The molecule has 16 heavy (non-hydrogen) atoms. The van der Waals surface area contributed by atoms with E-state index in [2.05, 4.69) is 0 Å². The van der Waals surface area contributed by atoms with Crippen LogP contribution in [0, 0.1) is 0 Å². The third-order valence-electron chi connectivity index (χ3n) is 2.88. The maximum Gasteiger partial charge on any atom is 0.242 e. The zero-order valence-electron chi connectivity index (χ0n) is 9.22. The standard InChI is InChI=1S/C11H16N2O2S/c14-10(12-4-2-1-3-5-12)8-13-6-7-16-9-11(13)15/h6-7H,1-5,8-9H2. The van der Waals surface area contributed by atoms with Gasteiger partial charge in [0.15, 0.2) is 0 Å². The number of hydrogen-bond acceptors (Lipinski definition) is 3. The molecule has 1 saturated heterocycles.